The van der Waals surface area contributed by atoms with Crippen LogP contribution in [0.1, 0.15) is 19.9 Å². The summed E-state index contributed by atoms with van der Waals surface area (Å²) in [5, 5.41) is 0.689. The second kappa shape index (κ2) is 7.32. The number of rotatable bonds is 5. The van der Waals surface area contributed by atoms with Crippen LogP contribution in [0.4, 0.5) is 5.69 Å². The molecule has 0 spiro atoms. The molecule has 0 unspecified atom stereocenters. The molecule has 1 aliphatic rings. The molecule has 0 N–H and O–H groups in total. The van der Waals surface area contributed by atoms with Crippen molar-refractivity contribution in [3.63, 3.8) is 0 Å². The summed E-state index contributed by atoms with van der Waals surface area (Å²) in [5.41, 5.74) is 1.95. The minimum Gasteiger partial charge on any atom is -0.383 e. The Kier molecular flexibility index (Phi) is 5.16. The second-order valence-electron chi connectivity index (χ2n) is 6.57. The number of benzene rings is 1. The fourth-order valence-corrected chi connectivity index (χ4v) is 3.14. The fraction of sp³-hybridized carbons (Fsp3) is 0.556. The summed E-state index contributed by atoms with van der Waals surface area (Å²) >= 11 is 0. The van der Waals surface area contributed by atoms with E-state index in [9.17, 15) is 4.79 Å². The molecule has 1 fully saturated rings. The van der Waals surface area contributed by atoms with Gasteiger partial charge in [0.25, 0.3) is 5.56 Å². The zero-order valence-corrected chi connectivity index (χ0v) is 14.7. The van der Waals surface area contributed by atoms with Gasteiger partial charge in [-0.05, 0) is 32.0 Å². The van der Waals surface area contributed by atoms with Crippen LogP contribution in [0.25, 0.3) is 10.9 Å². The molecular formula is C18H26N4O2. The Labute approximate surface area is 142 Å². The summed E-state index contributed by atoms with van der Waals surface area (Å²) < 4.78 is 6.82. The molecule has 0 aliphatic carbocycles. The van der Waals surface area contributed by atoms with E-state index in [1.807, 2.05) is 32.0 Å². The highest BCUT2D eigenvalue weighted by Crippen LogP contribution is 2.20. The second-order valence-corrected chi connectivity index (χ2v) is 6.57. The minimum atomic E-state index is 0.0333. The van der Waals surface area contributed by atoms with Crippen molar-refractivity contribution in [3.8, 4) is 0 Å². The van der Waals surface area contributed by atoms with Crippen LogP contribution >= 0.6 is 0 Å². The molecule has 0 saturated carbocycles. The van der Waals surface area contributed by atoms with Crippen molar-refractivity contribution in [1.29, 1.82) is 0 Å². The van der Waals surface area contributed by atoms with E-state index >= 15 is 0 Å². The van der Waals surface area contributed by atoms with Crippen LogP contribution in [0, 0.1) is 0 Å². The fourth-order valence-electron chi connectivity index (χ4n) is 3.14. The first-order chi connectivity index (χ1) is 11.6. The Balaban J connectivity index is 1.77. The molecular weight excluding hydrogens is 304 g/mol. The summed E-state index contributed by atoms with van der Waals surface area (Å²) in [6.07, 6.45) is 1.65. The molecule has 0 amide bonds. The number of hydrogen-bond donors (Lipinski definition) is 0. The zero-order valence-electron chi connectivity index (χ0n) is 14.7. The summed E-state index contributed by atoms with van der Waals surface area (Å²) in [4.78, 5) is 21.8. The molecule has 2 heterocycles. The Morgan fingerprint density at radius 2 is 1.96 bits per heavy atom. The van der Waals surface area contributed by atoms with Crippen LogP contribution in [0.15, 0.2) is 29.3 Å². The molecule has 1 saturated heterocycles. The minimum absolute atomic E-state index is 0.0333. The summed E-state index contributed by atoms with van der Waals surface area (Å²) in [7, 11) is 1.74. The molecule has 6 nitrogen and oxygen atoms in total. The molecule has 130 valence electrons. The van der Waals surface area contributed by atoms with E-state index in [4.69, 9.17) is 4.74 Å². The van der Waals surface area contributed by atoms with Gasteiger partial charge in [0.1, 0.15) is 0 Å². The van der Waals surface area contributed by atoms with Crippen LogP contribution in [-0.2, 0) is 4.74 Å². The van der Waals surface area contributed by atoms with E-state index in [1.165, 1.54) is 0 Å². The first-order valence-corrected chi connectivity index (χ1v) is 8.57. The van der Waals surface area contributed by atoms with Crippen LogP contribution < -0.4 is 10.5 Å². The van der Waals surface area contributed by atoms with Crippen LogP contribution in [0.5, 0.6) is 0 Å². The third-order valence-electron chi connectivity index (χ3n) is 4.67. The third kappa shape index (κ3) is 3.44. The van der Waals surface area contributed by atoms with Crippen molar-refractivity contribution < 1.29 is 4.74 Å². The van der Waals surface area contributed by atoms with Crippen molar-refractivity contribution >= 4 is 16.6 Å². The van der Waals surface area contributed by atoms with E-state index < -0.39 is 0 Å². The van der Waals surface area contributed by atoms with Crippen molar-refractivity contribution in [3.05, 3.63) is 34.9 Å². The van der Waals surface area contributed by atoms with E-state index in [2.05, 4.69) is 14.8 Å². The van der Waals surface area contributed by atoms with E-state index in [-0.39, 0.29) is 11.6 Å². The Morgan fingerprint density at radius 3 is 2.62 bits per heavy atom. The SMILES string of the molecule is COCCN1CCN(c2ccc3c(=O)n(C(C)C)cnc3c2)CC1. The van der Waals surface area contributed by atoms with Gasteiger partial charge in [0.05, 0.1) is 23.8 Å². The average molecular weight is 330 g/mol. The molecule has 0 atom stereocenters. The van der Waals surface area contributed by atoms with Gasteiger partial charge in [-0.3, -0.25) is 14.3 Å². The standard InChI is InChI=1S/C18H26N4O2/c1-14(2)22-13-19-17-12-15(4-5-16(17)18(22)23)21-8-6-20(7-9-21)10-11-24-3/h4-5,12-14H,6-11H2,1-3H3. The summed E-state index contributed by atoms with van der Waals surface area (Å²) in [6, 6.07) is 6.11. The number of methoxy groups -OCH3 is 1. The van der Waals surface area contributed by atoms with Crippen molar-refractivity contribution in [2.75, 3.05) is 51.3 Å². The number of aromatic nitrogens is 2. The Hall–Kier alpha value is -1.92. The highest BCUT2D eigenvalue weighted by atomic mass is 16.5. The topological polar surface area (TPSA) is 50.6 Å². The molecule has 1 aromatic carbocycles. The lowest BCUT2D eigenvalue weighted by atomic mass is 10.2. The summed E-state index contributed by atoms with van der Waals surface area (Å²) in [5.74, 6) is 0. The molecule has 24 heavy (non-hydrogen) atoms. The maximum absolute atomic E-state index is 12.5. The van der Waals surface area contributed by atoms with E-state index in [1.54, 1.807) is 18.0 Å². The number of piperazine rings is 1. The number of fused-ring (bicyclic) bond motifs is 1. The monoisotopic (exact) mass is 330 g/mol. The van der Waals surface area contributed by atoms with Gasteiger partial charge in [0.2, 0.25) is 0 Å². The molecule has 0 bridgehead atoms. The average Bonchev–Trinajstić information content (AvgIpc) is 2.60. The predicted molar refractivity (Wildman–Crippen MR) is 96.9 cm³/mol. The molecule has 1 aliphatic heterocycles. The van der Waals surface area contributed by atoms with Crippen LogP contribution in [-0.4, -0.2) is 60.9 Å². The lowest BCUT2D eigenvalue weighted by Gasteiger charge is -2.36. The van der Waals surface area contributed by atoms with Crippen molar-refractivity contribution in [1.82, 2.24) is 14.5 Å². The lowest BCUT2D eigenvalue weighted by molar-refractivity contribution is 0.144. The van der Waals surface area contributed by atoms with E-state index in [0.717, 1.165) is 50.5 Å². The highest BCUT2D eigenvalue weighted by molar-refractivity contribution is 5.81. The highest BCUT2D eigenvalue weighted by Gasteiger charge is 2.17. The van der Waals surface area contributed by atoms with Gasteiger partial charge in [0, 0.05) is 51.6 Å². The van der Waals surface area contributed by atoms with Crippen LogP contribution in [0.2, 0.25) is 0 Å². The maximum atomic E-state index is 12.5. The smallest absolute Gasteiger partial charge is 0.261 e. The molecule has 0 radical (unpaired) electrons. The number of ether oxygens (including phenoxy) is 1. The van der Waals surface area contributed by atoms with Gasteiger partial charge in [0.15, 0.2) is 0 Å². The number of nitrogens with zero attached hydrogens (tertiary/aromatic N) is 4. The Morgan fingerprint density at radius 1 is 1.21 bits per heavy atom. The van der Waals surface area contributed by atoms with Gasteiger partial charge in [-0.1, -0.05) is 0 Å². The van der Waals surface area contributed by atoms with Gasteiger partial charge in [-0.2, -0.15) is 0 Å². The lowest BCUT2D eigenvalue weighted by Crippen LogP contribution is -2.47. The van der Waals surface area contributed by atoms with Crippen molar-refractivity contribution in [2.24, 2.45) is 0 Å². The van der Waals surface area contributed by atoms with Crippen LogP contribution in [0.3, 0.4) is 0 Å². The molecule has 3 rings (SSSR count). The van der Waals surface area contributed by atoms with Gasteiger partial charge in [-0.25, -0.2) is 4.98 Å². The maximum Gasteiger partial charge on any atom is 0.261 e. The third-order valence-corrected chi connectivity index (χ3v) is 4.67. The normalized spacial score (nSPS) is 16.2. The molecule has 2 aromatic rings. The first-order valence-electron chi connectivity index (χ1n) is 8.57. The van der Waals surface area contributed by atoms with Gasteiger partial charge in [-0.15, -0.1) is 0 Å². The van der Waals surface area contributed by atoms with Gasteiger partial charge >= 0.3 is 0 Å². The van der Waals surface area contributed by atoms with Crippen molar-refractivity contribution in [2.45, 2.75) is 19.9 Å². The summed E-state index contributed by atoms with van der Waals surface area (Å²) in [6.45, 7) is 9.78. The van der Waals surface area contributed by atoms with E-state index in [0.29, 0.717) is 5.39 Å². The number of anilines is 1. The Bertz CT molecular complexity index is 748. The largest absolute Gasteiger partial charge is 0.383 e. The zero-order chi connectivity index (χ0) is 17.1. The molecule has 6 heteroatoms. The quantitative estimate of drug-likeness (QED) is 0.836. The number of hydrogen-bond acceptors (Lipinski definition) is 5. The molecule has 1 aromatic heterocycles. The predicted octanol–water partition coefficient (Wildman–Crippen LogP) is 1.75. The van der Waals surface area contributed by atoms with Gasteiger partial charge < -0.3 is 9.64 Å². The first kappa shape index (κ1) is 16.9.